The Labute approximate surface area is 169 Å². The Bertz CT molecular complexity index is 1190. The summed E-state index contributed by atoms with van der Waals surface area (Å²) in [4.78, 5) is 15.9. The van der Waals surface area contributed by atoms with E-state index < -0.39 is 24.0 Å². The minimum Gasteiger partial charge on any atom is -0.423 e. The second kappa shape index (κ2) is 7.40. The van der Waals surface area contributed by atoms with Crippen molar-refractivity contribution in [3.8, 4) is 11.7 Å². The normalized spacial score (nSPS) is 12.9. The quantitative estimate of drug-likeness (QED) is 0.460. The molecule has 0 aliphatic heterocycles. The highest BCUT2D eigenvalue weighted by molar-refractivity contribution is 6.32. The predicted octanol–water partition coefficient (Wildman–Crippen LogP) is 4.06. The molecule has 0 saturated carbocycles. The van der Waals surface area contributed by atoms with Gasteiger partial charge in [0.15, 0.2) is 23.0 Å². The van der Waals surface area contributed by atoms with E-state index >= 15 is 0 Å². The monoisotopic (exact) mass is 443 g/mol. The highest BCUT2D eigenvalue weighted by Gasteiger charge is 2.32. The summed E-state index contributed by atoms with van der Waals surface area (Å²) in [5.74, 6) is -0.762. The predicted molar refractivity (Wildman–Crippen MR) is 94.6 cm³/mol. The number of anilines is 1. The van der Waals surface area contributed by atoms with Gasteiger partial charge in [-0.15, -0.1) is 13.2 Å². The Balaban J connectivity index is 1.59. The number of nitrogens with one attached hydrogen (secondary N) is 1. The number of nitrogens with zero attached hydrogens (tertiary/aromatic N) is 6. The molecule has 4 rings (SSSR count). The molecule has 14 heteroatoms. The van der Waals surface area contributed by atoms with Crippen molar-refractivity contribution in [3.05, 3.63) is 47.5 Å². The summed E-state index contributed by atoms with van der Waals surface area (Å²) in [6.45, 7) is 1.70. The summed E-state index contributed by atoms with van der Waals surface area (Å²) in [7, 11) is 0. The number of rotatable bonds is 5. The van der Waals surface area contributed by atoms with Gasteiger partial charge in [0.2, 0.25) is 0 Å². The molecule has 3 aromatic heterocycles. The van der Waals surface area contributed by atoms with Gasteiger partial charge in [-0.3, -0.25) is 0 Å². The van der Waals surface area contributed by atoms with E-state index in [-0.39, 0.29) is 28.1 Å². The zero-order valence-corrected chi connectivity index (χ0v) is 15.6. The van der Waals surface area contributed by atoms with Crippen LogP contribution in [-0.2, 0) is 0 Å². The van der Waals surface area contributed by atoms with Gasteiger partial charge in [-0.05, 0) is 6.92 Å². The van der Waals surface area contributed by atoms with Crippen molar-refractivity contribution in [2.24, 2.45) is 0 Å². The molecule has 30 heavy (non-hydrogen) atoms. The number of oxazole rings is 1. The first kappa shape index (κ1) is 19.8. The number of benzene rings is 1. The number of hydrogen-bond acceptors (Lipinski definition) is 8. The molecule has 0 saturated heterocycles. The highest BCUT2D eigenvalue weighted by Crippen LogP contribution is 2.35. The molecule has 0 unspecified atom stereocenters. The van der Waals surface area contributed by atoms with Gasteiger partial charge in [0.1, 0.15) is 11.8 Å². The topological polar surface area (TPSA) is 104 Å². The van der Waals surface area contributed by atoms with Crippen molar-refractivity contribution >= 4 is 28.7 Å². The van der Waals surface area contributed by atoms with E-state index in [0.29, 0.717) is 5.82 Å². The van der Waals surface area contributed by atoms with Gasteiger partial charge in [0.25, 0.3) is 12.0 Å². The first-order chi connectivity index (χ1) is 14.2. The molecule has 156 valence electrons. The van der Waals surface area contributed by atoms with E-state index in [1.54, 1.807) is 6.92 Å². The van der Waals surface area contributed by atoms with Gasteiger partial charge in [0, 0.05) is 12.1 Å². The Kier molecular flexibility index (Phi) is 4.89. The minimum absolute atomic E-state index is 0.00713. The van der Waals surface area contributed by atoms with Gasteiger partial charge in [-0.1, -0.05) is 11.6 Å². The molecular weight excluding hydrogens is 434 g/mol. The van der Waals surface area contributed by atoms with Crippen LogP contribution in [0.15, 0.2) is 35.3 Å². The summed E-state index contributed by atoms with van der Waals surface area (Å²) < 4.78 is 61.1. The second-order valence-electron chi connectivity index (χ2n) is 5.91. The average molecular weight is 444 g/mol. The maximum absolute atomic E-state index is 13.0. The summed E-state index contributed by atoms with van der Waals surface area (Å²) in [6, 6.07) is 1.62. The third-order valence-corrected chi connectivity index (χ3v) is 4.06. The van der Waals surface area contributed by atoms with Crippen molar-refractivity contribution in [1.82, 2.24) is 29.7 Å². The number of halogens is 5. The fourth-order valence-electron chi connectivity index (χ4n) is 2.56. The Morgan fingerprint density at radius 1 is 1.20 bits per heavy atom. The zero-order chi connectivity index (χ0) is 21.5. The first-order valence-electron chi connectivity index (χ1n) is 8.20. The van der Waals surface area contributed by atoms with Crippen LogP contribution in [0.5, 0.6) is 5.75 Å². The van der Waals surface area contributed by atoms with Crippen molar-refractivity contribution in [2.45, 2.75) is 19.3 Å². The zero-order valence-electron chi connectivity index (χ0n) is 14.9. The second-order valence-corrected chi connectivity index (χ2v) is 6.32. The lowest BCUT2D eigenvalue weighted by Gasteiger charge is -2.11. The molecule has 1 atom stereocenters. The number of fused-ring (bicyclic) bond motifs is 1. The van der Waals surface area contributed by atoms with E-state index in [1.807, 2.05) is 0 Å². The fraction of sp³-hybridized carbons (Fsp3) is 0.188. The van der Waals surface area contributed by atoms with Gasteiger partial charge in [-0.2, -0.15) is 14.8 Å². The average Bonchev–Trinajstić information content (AvgIpc) is 3.28. The molecular formula is C16H10ClF4N7O2. The number of aromatic nitrogens is 6. The van der Waals surface area contributed by atoms with Gasteiger partial charge < -0.3 is 14.5 Å². The summed E-state index contributed by atoms with van der Waals surface area (Å²) in [5, 5.41) is 6.62. The molecule has 4 aromatic rings. The van der Waals surface area contributed by atoms with Crippen LogP contribution < -0.4 is 10.1 Å². The van der Waals surface area contributed by atoms with Gasteiger partial charge in [0.05, 0.1) is 23.5 Å². The van der Waals surface area contributed by atoms with Crippen LogP contribution in [0.2, 0.25) is 5.02 Å². The number of ether oxygens (including phenoxy) is 1. The maximum Gasteiger partial charge on any atom is 0.573 e. The molecule has 0 fully saturated rings. The molecule has 0 radical (unpaired) electrons. The third kappa shape index (κ3) is 4.10. The molecule has 0 amide bonds. The van der Waals surface area contributed by atoms with E-state index in [1.165, 1.54) is 11.0 Å². The lowest BCUT2D eigenvalue weighted by atomic mass is 10.3. The highest BCUT2D eigenvalue weighted by atomic mass is 35.5. The largest absolute Gasteiger partial charge is 0.573 e. The van der Waals surface area contributed by atoms with Crippen molar-refractivity contribution < 1.29 is 26.7 Å². The number of hydrogen-bond donors (Lipinski definition) is 1. The third-order valence-electron chi connectivity index (χ3n) is 3.77. The molecule has 1 N–H and O–H groups in total. The lowest BCUT2D eigenvalue weighted by Crippen LogP contribution is -2.17. The molecule has 0 aliphatic carbocycles. The Morgan fingerprint density at radius 2 is 1.93 bits per heavy atom. The van der Waals surface area contributed by atoms with Crippen molar-refractivity contribution in [3.63, 3.8) is 0 Å². The first-order valence-corrected chi connectivity index (χ1v) is 8.57. The van der Waals surface area contributed by atoms with E-state index in [9.17, 15) is 17.6 Å². The standard InChI is InChI=1S/C16H10ClF4N7O2/c1-7(13-24-6-25-28(13)14-22-4-8(18)5-23-14)26-15-27-10-3-11(30-16(19,20)21)9(17)2-12(10)29-15/h2-7H,1H3,(H,26,27)/t7-/m0/s1. The Morgan fingerprint density at radius 3 is 2.63 bits per heavy atom. The number of alkyl halides is 3. The van der Waals surface area contributed by atoms with Crippen LogP contribution in [0.25, 0.3) is 17.0 Å². The van der Waals surface area contributed by atoms with Crippen LogP contribution in [-0.4, -0.2) is 36.1 Å². The van der Waals surface area contributed by atoms with Gasteiger partial charge in [-0.25, -0.2) is 19.3 Å². The molecule has 0 bridgehead atoms. The van der Waals surface area contributed by atoms with Crippen molar-refractivity contribution in [1.29, 1.82) is 0 Å². The summed E-state index contributed by atoms with van der Waals surface area (Å²) in [6.07, 6.45) is -1.68. The van der Waals surface area contributed by atoms with E-state index in [0.717, 1.165) is 24.5 Å². The Hall–Kier alpha value is -3.48. The van der Waals surface area contributed by atoms with Crippen molar-refractivity contribution in [2.75, 3.05) is 5.32 Å². The molecule has 0 aliphatic rings. The molecule has 1 aromatic carbocycles. The molecule has 0 spiro atoms. The maximum atomic E-state index is 13.0. The van der Waals surface area contributed by atoms with E-state index in [2.05, 4.69) is 35.1 Å². The van der Waals surface area contributed by atoms with Crippen LogP contribution in [0.1, 0.15) is 18.8 Å². The van der Waals surface area contributed by atoms with E-state index in [4.69, 9.17) is 16.0 Å². The molecule has 3 heterocycles. The SMILES string of the molecule is C[C@H](Nc1nc2cc(OC(F)(F)F)c(Cl)cc2o1)c1ncnn1-c1ncc(F)cn1. The van der Waals surface area contributed by atoms with Gasteiger partial charge >= 0.3 is 6.36 Å². The fourth-order valence-corrected chi connectivity index (χ4v) is 2.75. The van der Waals surface area contributed by atoms with Crippen LogP contribution in [0, 0.1) is 5.82 Å². The van der Waals surface area contributed by atoms with Crippen LogP contribution in [0.3, 0.4) is 0 Å². The minimum atomic E-state index is -4.90. The van der Waals surface area contributed by atoms with Crippen LogP contribution in [0.4, 0.5) is 23.6 Å². The summed E-state index contributed by atoms with van der Waals surface area (Å²) in [5.41, 5.74) is 0.240. The smallest absolute Gasteiger partial charge is 0.423 e. The summed E-state index contributed by atoms with van der Waals surface area (Å²) >= 11 is 5.81. The molecule has 9 nitrogen and oxygen atoms in total. The van der Waals surface area contributed by atoms with Crippen LogP contribution >= 0.6 is 11.6 Å². The lowest BCUT2D eigenvalue weighted by molar-refractivity contribution is -0.274.